The zero-order chi connectivity index (χ0) is 20.2. The molecule has 1 aliphatic rings. The van der Waals surface area contributed by atoms with Crippen molar-refractivity contribution in [1.29, 1.82) is 0 Å². The van der Waals surface area contributed by atoms with E-state index in [0.717, 1.165) is 50.4 Å². The average molecular weight is 397 g/mol. The molecule has 0 aliphatic carbocycles. The van der Waals surface area contributed by atoms with Gasteiger partial charge in [-0.1, -0.05) is 5.16 Å². The normalized spacial score (nSPS) is 15.8. The van der Waals surface area contributed by atoms with Crippen LogP contribution in [0.15, 0.2) is 35.0 Å². The molecule has 0 radical (unpaired) electrons. The van der Waals surface area contributed by atoms with Gasteiger partial charge in [-0.05, 0) is 76.4 Å². The summed E-state index contributed by atoms with van der Waals surface area (Å²) in [6.07, 6.45) is 6.30. The van der Waals surface area contributed by atoms with Crippen molar-refractivity contribution in [3.8, 4) is 11.5 Å². The molecular formula is C22H28FN5O. The SMILES string of the molecule is CCn1ncc(CN2CCC(CCc3noc(-c4ccc(F)cc4)n3)CC2)c1C. The van der Waals surface area contributed by atoms with Crippen molar-refractivity contribution in [3.63, 3.8) is 0 Å². The molecule has 1 aromatic carbocycles. The van der Waals surface area contributed by atoms with E-state index in [1.165, 1.54) is 36.2 Å². The number of piperidine rings is 1. The molecule has 0 amide bonds. The fraction of sp³-hybridized carbons (Fsp3) is 0.500. The van der Waals surface area contributed by atoms with Gasteiger partial charge in [0, 0.05) is 36.3 Å². The van der Waals surface area contributed by atoms with Crippen LogP contribution in [0, 0.1) is 18.7 Å². The highest BCUT2D eigenvalue weighted by molar-refractivity contribution is 5.52. The number of nitrogens with zero attached hydrogens (tertiary/aromatic N) is 5. The molecular weight excluding hydrogens is 369 g/mol. The van der Waals surface area contributed by atoms with E-state index in [-0.39, 0.29) is 5.82 Å². The minimum absolute atomic E-state index is 0.269. The lowest BCUT2D eigenvalue weighted by Crippen LogP contribution is -2.33. The largest absolute Gasteiger partial charge is 0.334 e. The standard InChI is InChI=1S/C22H28FN5O/c1-3-28-16(2)19(14-24-28)15-27-12-10-17(11-13-27)4-9-21-25-22(29-26-21)18-5-7-20(23)8-6-18/h5-8,14,17H,3-4,9-13,15H2,1-2H3. The van der Waals surface area contributed by atoms with E-state index in [1.54, 1.807) is 12.1 Å². The molecule has 0 bridgehead atoms. The van der Waals surface area contributed by atoms with Crippen LogP contribution in [0.25, 0.3) is 11.5 Å². The Morgan fingerprint density at radius 2 is 1.93 bits per heavy atom. The Hall–Kier alpha value is -2.54. The Morgan fingerprint density at radius 3 is 2.62 bits per heavy atom. The molecule has 154 valence electrons. The lowest BCUT2D eigenvalue weighted by Gasteiger charge is -2.31. The zero-order valence-corrected chi connectivity index (χ0v) is 17.1. The van der Waals surface area contributed by atoms with E-state index in [0.29, 0.717) is 11.8 Å². The van der Waals surface area contributed by atoms with Crippen LogP contribution in [0.3, 0.4) is 0 Å². The van der Waals surface area contributed by atoms with Crippen molar-refractivity contribution in [2.75, 3.05) is 13.1 Å². The Kier molecular flexibility index (Phi) is 6.04. The predicted molar refractivity (Wildman–Crippen MR) is 109 cm³/mol. The average Bonchev–Trinajstić information content (AvgIpc) is 3.35. The minimum atomic E-state index is -0.269. The van der Waals surface area contributed by atoms with Crippen molar-refractivity contribution in [2.45, 2.75) is 52.6 Å². The van der Waals surface area contributed by atoms with Gasteiger partial charge in [-0.15, -0.1) is 0 Å². The number of benzene rings is 1. The van der Waals surface area contributed by atoms with Crippen LogP contribution in [-0.2, 0) is 19.5 Å². The van der Waals surface area contributed by atoms with E-state index in [2.05, 4.69) is 38.7 Å². The first-order chi connectivity index (χ1) is 14.1. The third-order valence-electron chi connectivity index (χ3n) is 5.94. The first-order valence-corrected chi connectivity index (χ1v) is 10.4. The number of hydrogen-bond donors (Lipinski definition) is 0. The smallest absolute Gasteiger partial charge is 0.257 e. The first kappa shape index (κ1) is 19.8. The van der Waals surface area contributed by atoms with E-state index in [4.69, 9.17) is 4.52 Å². The molecule has 0 atom stereocenters. The number of aromatic nitrogens is 4. The van der Waals surface area contributed by atoms with E-state index >= 15 is 0 Å². The van der Waals surface area contributed by atoms with Gasteiger partial charge in [0.2, 0.25) is 0 Å². The van der Waals surface area contributed by atoms with Crippen molar-refractivity contribution in [2.24, 2.45) is 5.92 Å². The summed E-state index contributed by atoms with van der Waals surface area (Å²) in [6.45, 7) is 8.44. The fourth-order valence-corrected chi connectivity index (χ4v) is 4.03. The Morgan fingerprint density at radius 1 is 1.17 bits per heavy atom. The number of rotatable bonds is 7. The molecule has 3 heterocycles. The molecule has 6 nitrogen and oxygen atoms in total. The van der Waals surface area contributed by atoms with Crippen molar-refractivity contribution in [3.05, 3.63) is 53.4 Å². The van der Waals surface area contributed by atoms with Gasteiger partial charge in [0.05, 0.1) is 6.20 Å². The lowest BCUT2D eigenvalue weighted by molar-refractivity contribution is 0.171. The van der Waals surface area contributed by atoms with Crippen LogP contribution in [-0.4, -0.2) is 37.9 Å². The van der Waals surface area contributed by atoms with Gasteiger partial charge < -0.3 is 4.52 Å². The molecule has 3 aromatic rings. The van der Waals surface area contributed by atoms with E-state index < -0.39 is 0 Å². The Bertz CT molecular complexity index is 925. The maximum Gasteiger partial charge on any atom is 0.257 e. The van der Waals surface area contributed by atoms with Crippen molar-refractivity contribution >= 4 is 0 Å². The van der Waals surface area contributed by atoms with Crippen LogP contribution in [0.1, 0.15) is 43.3 Å². The van der Waals surface area contributed by atoms with Crippen LogP contribution >= 0.6 is 0 Å². The Balaban J connectivity index is 1.24. The molecule has 1 aliphatic heterocycles. The lowest BCUT2D eigenvalue weighted by atomic mass is 9.92. The molecule has 0 spiro atoms. The third-order valence-corrected chi connectivity index (χ3v) is 5.94. The summed E-state index contributed by atoms with van der Waals surface area (Å²) in [5.74, 6) is 1.61. The van der Waals surface area contributed by atoms with Gasteiger partial charge in [0.1, 0.15) is 5.82 Å². The summed E-state index contributed by atoms with van der Waals surface area (Å²) in [5, 5.41) is 8.55. The summed E-state index contributed by atoms with van der Waals surface area (Å²) >= 11 is 0. The number of hydrogen-bond acceptors (Lipinski definition) is 5. The van der Waals surface area contributed by atoms with Gasteiger partial charge in [-0.2, -0.15) is 10.1 Å². The van der Waals surface area contributed by atoms with Gasteiger partial charge in [0.25, 0.3) is 5.89 Å². The van der Waals surface area contributed by atoms with Crippen LogP contribution in [0.4, 0.5) is 4.39 Å². The Labute approximate surface area is 170 Å². The van der Waals surface area contributed by atoms with Gasteiger partial charge >= 0.3 is 0 Å². The minimum Gasteiger partial charge on any atom is -0.334 e. The van der Waals surface area contributed by atoms with Crippen LogP contribution in [0.5, 0.6) is 0 Å². The van der Waals surface area contributed by atoms with E-state index in [9.17, 15) is 4.39 Å². The summed E-state index contributed by atoms with van der Waals surface area (Å²) in [4.78, 5) is 6.99. The monoisotopic (exact) mass is 397 g/mol. The molecule has 1 saturated heterocycles. The number of aryl methyl sites for hydroxylation is 2. The summed E-state index contributed by atoms with van der Waals surface area (Å²) in [5.41, 5.74) is 3.37. The molecule has 1 fully saturated rings. The fourth-order valence-electron chi connectivity index (χ4n) is 4.03. The molecule has 0 unspecified atom stereocenters. The maximum absolute atomic E-state index is 13.0. The van der Waals surface area contributed by atoms with Crippen molar-refractivity contribution < 1.29 is 8.91 Å². The molecule has 2 aromatic heterocycles. The third kappa shape index (κ3) is 4.72. The van der Waals surface area contributed by atoms with Gasteiger partial charge in [0.15, 0.2) is 5.82 Å². The van der Waals surface area contributed by atoms with Crippen molar-refractivity contribution in [1.82, 2.24) is 24.8 Å². The second-order valence-electron chi connectivity index (χ2n) is 7.85. The maximum atomic E-state index is 13.0. The second-order valence-corrected chi connectivity index (χ2v) is 7.85. The van der Waals surface area contributed by atoms with Gasteiger partial charge in [-0.25, -0.2) is 4.39 Å². The number of halogens is 1. The number of likely N-dealkylation sites (tertiary alicyclic amines) is 1. The summed E-state index contributed by atoms with van der Waals surface area (Å²) < 4.78 is 20.4. The molecule has 4 rings (SSSR count). The molecule has 29 heavy (non-hydrogen) atoms. The van der Waals surface area contributed by atoms with Gasteiger partial charge in [-0.3, -0.25) is 9.58 Å². The second kappa shape index (κ2) is 8.86. The molecule has 7 heteroatoms. The van der Waals surface area contributed by atoms with Crippen LogP contribution < -0.4 is 0 Å². The highest BCUT2D eigenvalue weighted by Gasteiger charge is 2.21. The zero-order valence-electron chi connectivity index (χ0n) is 17.1. The summed E-state index contributed by atoms with van der Waals surface area (Å²) in [7, 11) is 0. The first-order valence-electron chi connectivity index (χ1n) is 10.4. The molecule has 0 saturated carbocycles. The highest BCUT2D eigenvalue weighted by Crippen LogP contribution is 2.24. The quantitative estimate of drug-likeness (QED) is 0.597. The molecule has 0 N–H and O–H groups in total. The predicted octanol–water partition coefficient (Wildman–Crippen LogP) is 4.25. The highest BCUT2D eigenvalue weighted by atomic mass is 19.1. The topological polar surface area (TPSA) is 60.0 Å². The summed E-state index contributed by atoms with van der Waals surface area (Å²) in [6, 6.07) is 6.13. The van der Waals surface area contributed by atoms with Crippen LogP contribution in [0.2, 0.25) is 0 Å². The van der Waals surface area contributed by atoms with E-state index in [1.807, 2.05) is 6.20 Å².